The Bertz CT molecular complexity index is 670. The second kappa shape index (κ2) is 8.42. The minimum atomic E-state index is -0.274. The first-order valence-corrected chi connectivity index (χ1v) is 8.42. The number of nitrogens with one attached hydrogen (secondary N) is 1. The number of carbonyl (C=O) groups is 1. The molecular formula is C18H20INO3. The molecule has 0 bridgehead atoms. The molecule has 0 aromatic heterocycles. The fourth-order valence-electron chi connectivity index (χ4n) is 2.27. The van der Waals surface area contributed by atoms with Crippen molar-refractivity contribution in [2.75, 3.05) is 13.7 Å². The van der Waals surface area contributed by atoms with Crippen LogP contribution in [-0.2, 0) is 11.3 Å². The maximum absolute atomic E-state index is 12.2. The quantitative estimate of drug-likeness (QED) is 0.699. The van der Waals surface area contributed by atoms with E-state index >= 15 is 0 Å². The highest BCUT2D eigenvalue weighted by atomic mass is 127. The summed E-state index contributed by atoms with van der Waals surface area (Å²) < 4.78 is 6.45. The summed E-state index contributed by atoms with van der Waals surface area (Å²) in [7, 11) is 1.64. The molecule has 2 rings (SSSR count). The van der Waals surface area contributed by atoms with Crippen LogP contribution < -0.4 is 5.32 Å². The molecule has 0 aliphatic heterocycles. The number of hydrogen-bond donors (Lipinski definition) is 2. The third-order valence-corrected chi connectivity index (χ3v) is 4.19. The molecule has 0 aliphatic rings. The van der Waals surface area contributed by atoms with E-state index in [1.54, 1.807) is 20.1 Å². The molecule has 0 aliphatic carbocycles. The van der Waals surface area contributed by atoms with Crippen molar-refractivity contribution in [1.82, 2.24) is 5.32 Å². The van der Waals surface area contributed by atoms with Gasteiger partial charge in [-0.25, -0.2) is 0 Å². The van der Waals surface area contributed by atoms with Crippen molar-refractivity contribution >= 4 is 28.5 Å². The van der Waals surface area contributed by atoms with Gasteiger partial charge in [0.05, 0.1) is 13.2 Å². The van der Waals surface area contributed by atoms with Crippen molar-refractivity contribution in [2.24, 2.45) is 0 Å². The summed E-state index contributed by atoms with van der Waals surface area (Å²) in [6.45, 7) is 2.10. The van der Waals surface area contributed by atoms with Crippen molar-refractivity contribution < 1.29 is 14.6 Å². The standard InChI is InChI=1S/C18H20INO3/c1-12(10-21)20-18(22)14-5-8-17(15(9-14)11-23-2)13-3-6-16(19)7-4-13/h3-9,12,21H,10-11H2,1-2H3,(H,20,22). The molecule has 1 unspecified atom stereocenters. The van der Waals surface area contributed by atoms with Gasteiger partial charge in [-0.3, -0.25) is 4.79 Å². The Balaban J connectivity index is 2.34. The fraction of sp³-hybridized carbons (Fsp3) is 0.278. The minimum absolute atomic E-state index is 0.0859. The first-order chi connectivity index (χ1) is 11.0. The van der Waals surface area contributed by atoms with E-state index in [2.05, 4.69) is 52.2 Å². The van der Waals surface area contributed by atoms with Crippen LogP contribution in [0, 0.1) is 3.57 Å². The molecule has 5 heteroatoms. The Hall–Kier alpha value is -1.44. The van der Waals surface area contributed by atoms with Gasteiger partial charge in [0, 0.05) is 22.3 Å². The van der Waals surface area contributed by atoms with Crippen LogP contribution in [0.25, 0.3) is 11.1 Å². The van der Waals surface area contributed by atoms with E-state index in [1.807, 2.05) is 12.1 Å². The summed E-state index contributed by atoms with van der Waals surface area (Å²) in [5, 5.41) is 11.8. The number of amides is 1. The Morgan fingerprint density at radius 3 is 2.57 bits per heavy atom. The molecular weight excluding hydrogens is 405 g/mol. The highest BCUT2D eigenvalue weighted by molar-refractivity contribution is 14.1. The zero-order valence-corrected chi connectivity index (χ0v) is 15.3. The average molecular weight is 425 g/mol. The van der Waals surface area contributed by atoms with E-state index in [0.717, 1.165) is 16.7 Å². The highest BCUT2D eigenvalue weighted by Crippen LogP contribution is 2.26. The van der Waals surface area contributed by atoms with Gasteiger partial charge in [-0.15, -0.1) is 0 Å². The van der Waals surface area contributed by atoms with Crippen molar-refractivity contribution in [2.45, 2.75) is 19.6 Å². The Labute approximate surface area is 150 Å². The molecule has 122 valence electrons. The predicted molar refractivity (Wildman–Crippen MR) is 99.3 cm³/mol. The van der Waals surface area contributed by atoms with Crippen LogP contribution in [0.3, 0.4) is 0 Å². The molecule has 2 aromatic rings. The number of hydrogen-bond acceptors (Lipinski definition) is 3. The van der Waals surface area contributed by atoms with Crippen molar-refractivity contribution in [3.05, 3.63) is 57.2 Å². The van der Waals surface area contributed by atoms with Crippen LogP contribution in [0.4, 0.5) is 0 Å². The molecule has 0 fully saturated rings. The van der Waals surface area contributed by atoms with Crippen LogP contribution in [0.15, 0.2) is 42.5 Å². The molecule has 2 aromatic carbocycles. The lowest BCUT2D eigenvalue weighted by atomic mass is 9.97. The topological polar surface area (TPSA) is 58.6 Å². The first-order valence-electron chi connectivity index (χ1n) is 7.34. The SMILES string of the molecule is COCc1cc(C(=O)NC(C)CO)ccc1-c1ccc(I)cc1. The fourth-order valence-corrected chi connectivity index (χ4v) is 2.63. The number of carbonyl (C=O) groups excluding carboxylic acids is 1. The average Bonchev–Trinajstić information content (AvgIpc) is 2.56. The van der Waals surface area contributed by atoms with Crippen LogP contribution in [0.5, 0.6) is 0 Å². The molecule has 0 saturated carbocycles. The van der Waals surface area contributed by atoms with Crippen molar-refractivity contribution in [3.8, 4) is 11.1 Å². The summed E-state index contributed by atoms with van der Waals surface area (Å²) in [6.07, 6.45) is 0. The molecule has 0 radical (unpaired) electrons. The van der Waals surface area contributed by atoms with Gasteiger partial charge >= 0.3 is 0 Å². The van der Waals surface area contributed by atoms with Gasteiger partial charge in [0.15, 0.2) is 0 Å². The second-order valence-corrected chi connectivity index (χ2v) is 6.61. The minimum Gasteiger partial charge on any atom is -0.394 e. The van der Waals surface area contributed by atoms with E-state index in [-0.39, 0.29) is 18.6 Å². The zero-order valence-electron chi connectivity index (χ0n) is 13.2. The lowest BCUT2D eigenvalue weighted by Gasteiger charge is -2.14. The summed E-state index contributed by atoms with van der Waals surface area (Å²) in [6, 6.07) is 13.5. The molecule has 0 spiro atoms. The third kappa shape index (κ3) is 4.76. The predicted octanol–water partition coefficient (Wildman–Crippen LogP) is 3.22. The van der Waals surface area contributed by atoms with Gasteiger partial charge in [-0.1, -0.05) is 18.2 Å². The molecule has 4 nitrogen and oxygen atoms in total. The smallest absolute Gasteiger partial charge is 0.251 e. The van der Waals surface area contributed by atoms with Crippen LogP contribution in [0.2, 0.25) is 0 Å². The Morgan fingerprint density at radius 2 is 1.96 bits per heavy atom. The molecule has 1 atom stereocenters. The Kier molecular flexibility index (Phi) is 6.56. The number of rotatable bonds is 6. The van der Waals surface area contributed by atoms with E-state index in [4.69, 9.17) is 9.84 Å². The molecule has 2 N–H and O–H groups in total. The van der Waals surface area contributed by atoms with E-state index in [9.17, 15) is 4.79 Å². The van der Waals surface area contributed by atoms with Gasteiger partial charge in [0.1, 0.15) is 0 Å². The summed E-state index contributed by atoms with van der Waals surface area (Å²) in [5.74, 6) is -0.196. The summed E-state index contributed by atoms with van der Waals surface area (Å²) in [4.78, 5) is 12.2. The lowest BCUT2D eigenvalue weighted by molar-refractivity contribution is 0.0922. The second-order valence-electron chi connectivity index (χ2n) is 5.37. The third-order valence-electron chi connectivity index (χ3n) is 3.47. The molecule has 23 heavy (non-hydrogen) atoms. The van der Waals surface area contributed by atoms with Crippen molar-refractivity contribution in [1.29, 1.82) is 0 Å². The van der Waals surface area contributed by atoms with Crippen LogP contribution >= 0.6 is 22.6 Å². The van der Waals surface area contributed by atoms with Crippen LogP contribution in [-0.4, -0.2) is 30.8 Å². The van der Waals surface area contributed by atoms with E-state index < -0.39 is 0 Å². The van der Waals surface area contributed by atoms with Crippen LogP contribution in [0.1, 0.15) is 22.8 Å². The Morgan fingerprint density at radius 1 is 1.26 bits per heavy atom. The van der Waals surface area contributed by atoms with Gasteiger partial charge in [0.25, 0.3) is 5.91 Å². The molecule has 0 heterocycles. The molecule has 1 amide bonds. The van der Waals surface area contributed by atoms with Gasteiger partial charge in [-0.05, 0) is 70.5 Å². The van der Waals surface area contributed by atoms with E-state index in [0.29, 0.717) is 12.2 Å². The first kappa shape index (κ1) is 17.9. The monoisotopic (exact) mass is 425 g/mol. The maximum Gasteiger partial charge on any atom is 0.251 e. The molecule has 0 saturated heterocycles. The number of aliphatic hydroxyl groups is 1. The van der Waals surface area contributed by atoms with Gasteiger partial charge < -0.3 is 15.2 Å². The number of aliphatic hydroxyl groups excluding tert-OH is 1. The number of halogens is 1. The summed E-state index contributed by atoms with van der Waals surface area (Å²) in [5.41, 5.74) is 3.66. The van der Waals surface area contributed by atoms with Gasteiger partial charge in [0.2, 0.25) is 0 Å². The highest BCUT2D eigenvalue weighted by Gasteiger charge is 2.13. The van der Waals surface area contributed by atoms with E-state index in [1.165, 1.54) is 3.57 Å². The number of ether oxygens (including phenoxy) is 1. The maximum atomic E-state index is 12.2. The zero-order chi connectivity index (χ0) is 16.8. The number of methoxy groups -OCH3 is 1. The largest absolute Gasteiger partial charge is 0.394 e. The summed E-state index contributed by atoms with van der Waals surface area (Å²) >= 11 is 2.27. The van der Waals surface area contributed by atoms with Gasteiger partial charge in [-0.2, -0.15) is 0 Å². The van der Waals surface area contributed by atoms with Crippen molar-refractivity contribution in [3.63, 3.8) is 0 Å². The lowest BCUT2D eigenvalue weighted by Crippen LogP contribution is -2.35. The number of benzene rings is 2. The normalized spacial score (nSPS) is 12.0.